The van der Waals surface area contributed by atoms with Crippen molar-refractivity contribution in [2.24, 2.45) is 5.41 Å². The van der Waals surface area contributed by atoms with E-state index in [0.717, 1.165) is 28.8 Å². The molecule has 0 fully saturated rings. The van der Waals surface area contributed by atoms with Crippen LogP contribution in [0.3, 0.4) is 0 Å². The van der Waals surface area contributed by atoms with Crippen LogP contribution in [0.2, 0.25) is 5.02 Å². The lowest BCUT2D eigenvalue weighted by molar-refractivity contribution is 0.297. The van der Waals surface area contributed by atoms with Crippen molar-refractivity contribution in [3.8, 4) is 0 Å². The molecule has 0 bridgehead atoms. The van der Waals surface area contributed by atoms with E-state index in [2.05, 4.69) is 47.4 Å². The molecule has 11 heteroatoms. The zero-order valence-corrected chi connectivity index (χ0v) is 25.3. The maximum atomic E-state index is 8.67. The lowest BCUT2D eigenvalue weighted by Crippen LogP contribution is -2.46. The minimum Gasteiger partial charge on any atom is -0.352 e. The highest BCUT2D eigenvalue weighted by Crippen LogP contribution is 2.20. The Kier molecular flexibility index (Phi) is 11.3. The molecule has 0 unspecified atom stereocenters. The zero-order chi connectivity index (χ0) is 30.7. The maximum absolute atomic E-state index is 8.67. The summed E-state index contributed by atoms with van der Waals surface area (Å²) in [5.74, 6) is 0.168. The van der Waals surface area contributed by atoms with Crippen LogP contribution in [0.1, 0.15) is 43.9 Å². The Balaban J connectivity index is 1.52. The Morgan fingerprint density at radius 1 is 0.714 bits per heavy atom. The first-order valence-corrected chi connectivity index (χ1v) is 14.1. The molecule has 0 amide bonds. The number of hydrogen-bond donors (Lipinski definition) is 9. The summed E-state index contributed by atoms with van der Waals surface area (Å²) in [7, 11) is 0. The first-order chi connectivity index (χ1) is 19.9. The van der Waals surface area contributed by atoms with Gasteiger partial charge in [0.05, 0.1) is 0 Å². The van der Waals surface area contributed by atoms with Gasteiger partial charge in [-0.3, -0.25) is 32.3 Å². The Hall–Kier alpha value is -4.57. The quantitative estimate of drug-likeness (QED) is 0.114. The zero-order valence-electron chi connectivity index (χ0n) is 24.6. The number of guanidine groups is 4. The number of hydrogen-bond acceptors (Lipinski definition) is 4. The van der Waals surface area contributed by atoms with E-state index in [1.54, 1.807) is 24.3 Å². The van der Waals surface area contributed by atoms with Gasteiger partial charge in [-0.05, 0) is 66.3 Å². The van der Waals surface area contributed by atoms with E-state index >= 15 is 0 Å². The largest absolute Gasteiger partial charge is 0.352 e. The summed E-state index contributed by atoms with van der Waals surface area (Å²) in [5.41, 5.74) is 4.71. The van der Waals surface area contributed by atoms with Gasteiger partial charge in [-0.25, -0.2) is 0 Å². The smallest absolute Gasteiger partial charge is 0.199 e. The molecule has 3 aromatic carbocycles. The number of halogens is 1. The topological polar surface area (TPSA) is 159 Å². The van der Waals surface area contributed by atoms with Crippen LogP contribution in [0.4, 0.5) is 11.4 Å². The van der Waals surface area contributed by atoms with Gasteiger partial charge in [0.1, 0.15) is 0 Å². The second kappa shape index (κ2) is 14.9. The number of benzene rings is 3. The fraction of sp³-hybridized carbons (Fsp3) is 0.290. The summed E-state index contributed by atoms with van der Waals surface area (Å²) >= 11 is 5.95. The van der Waals surface area contributed by atoms with Crippen LogP contribution < -0.4 is 26.6 Å². The molecule has 10 nitrogen and oxygen atoms in total. The molecule has 0 aliphatic carbocycles. The second-order valence-electron chi connectivity index (χ2n) is 11.2. The van der Waals surface area contributed by atoms with Gasteiger partial charge in [0.2, 0.25) is 0 Å². The molecular formula is C31H41ClN10. The predicted octanol–water partition coefficient (Wildman–Crippen LogP) is 6.12. The van der Waals surface area contributed by atoms with E-state index in [0.29, 0.717) is 30.3 Å². The highest BCUT2D eigenvalue weighted by atomic mass is 35.5. The summed E-state index contributed by atoms with van der Waals surface area (Å²) in [6, 6.07) is 22.7. The standard InChI is InChI=1S/C31H41ClN10/c1-21-5-13-25(14-6-21)38-28(34)40-27(33)37-19-22-7-9-23(10-8-22)20-42(18-17-31(2,3)4)30(36)41-29(35)39-26-15-11-24(32)12-16-26/h5-16H,17-20H2,1-4H3,(H4,35,36,39,41)(H5,33,34,37,38,40). The number of anilines is 2. The molecule has 0 aliphatic rings. The van der Waals surface area contributed by atoms with E-state index in [4.69, 9.17) is 33.2 Å². The van der Waals surface area contributed by atoms with Crippen LogP contribution in [0.5, 0.6) is 0 Å². The lowest BCUT2D eigenvalue weighted by Gasteiger charge is -2.29. The van der Waals surface area contributed by atoms with Crippen LogP contribution >= 0.6 is 11.6 Å². The minimum atomic E-state index is 0.00251. The van der Waals surface area contributed by atoms with Crippen LogP contribution in [0, 0.1) is 34.0 Å². The highest BCUT2D eigenvalue weighted by Gasteiger charge is 2.17. The van der Waals surface area contributed by atoms with Gasteiger partial charge in [-0.1, -0.05) is 74.3 Å². The minimum absolute atomic E-state index is 0.00251. The van der Waals surface area contributed by atoms with Crippen molar-refractivity contribution in [3.63, 3.8) is 0 Å². The molecule has 9 N–H and O–H groups in total. The number of rotatable bonds is 8. The first kappa shape index (κ1) is 32.0. The van der Waals surface area contributed by atoms with Crippen molar-refractivity contribution in [3.05, 3.63) is 94.5 Å². The van der Waals surface area contributed by atoms with Crippen LogP contribution in [0.25, 0.3) is 0 Å². The van der Waals surface area contributed by atoms with Gasteiger partial charge in [-0.15, -0.1) is 0 Å². The third-order valence-electron chi connectivity index (χ3n) is 6.24. The monoisotopic (exact) mass is 588 g/mol. The van der Waals surface area contributed by atoms with Gasteiger partial charge in [0, 0.05) is 36.0 Å². The average molecular weight is 589 g/mol. The van der Waals surface area contributed by atoms with E-state index in [1.807, 2.05) is 60.4 Å². The van der Waals surface area contributed by atoms with Gasteiger partial charge in [0.15, 0.2) is 23.8 Å². The summed E-state index contributed by atoms with van der Waals surface area (Å²) in [4.78, 5) is 1.92. The average Bonchev–Trinajstić information content (AvgIpc) is 2.92. The molecule has 0 atom stereocenters. The summed E-state index contributed by atoms with van der Waals surface area (Å²) in [6.45, 7) is 10.1. The van der Waals surface area contributed by atoms with E-state index in [9.17, 15) is 0 Å². The number of nitrogens with one attached hydrogen (secondary N) is 9. The normalized spacial score (nSPS) is 10.8. The summed E-state index contributed by atoms with van der Waals surface area (Å²) < 4.78 is 0. The lowest BCUT2D eigenvalue weighted by atomic mass is 9.92. The van der Waals surface area contributed by atoms with E-state index in [1.165, 1.54) is 0 Å². The first-order valence-electron chi connectivity index (χ1n) is 13.7. The highest BCUT2D eigenvalue weighted by molar-refractivity contribution is 6.30. The molecular weight excluding hydrogens is 548 g/mol. The molecule has 0 heterocycles. The number of nitrogens with zero attached hydrogens (tertiary/aromatic N) is 1. The SMILES string of the molecule is Cc1ccc(NC(=N)NC(=N)NCc2ccc(CN(CCC(C)(C)C)C(=N)NC(=N)Nc3ccc(Cl)cc3)cc2)cc1. The van der Waals surface area contributed by atoms with Gasteiger partial charge in [-0.2, -0.15) is 0 Å². The fourth-order valence-electron chi connectivity index (χ4n) is 3.80. The Labute approximate surface area is 253 Å². The van der Waals surface area contributed by atoms with Crippen LogP contribution in [0.15, 0.2) is 72.8 Å². The van der Waals surface area contributed by atoms with Crippen molar-refractivity contribution >= 4 is 46.8 Å². The van der Waals surface area contributed by atoms with Crippen molar-refractivity contribution in [1.82, 2.24) is 20.9 Å². The van der Waals surface area contributed by atoms with Gasteiger partial charge in [0.25, 0.3) is 0 Å². The van der Waals surface area contributed by atoms with Gasteiger partial charge >= 0.3 is 0 Å². The van der Waals surface area contributed by atoms with E-state index in [-0.39, 0.29) is 29.3 Å². The Morgan fingerprint density at radius 3 is 1.81 bits per heavy atom. The third-order valence-corrected chi connectivity index (χ3v) is 6.49. The van der Waals surface area contributed by atoms with Crippen molar-refractivity contribution in [2.75, 3.05) is 17.2 Å². The molecule has 0 saturated heterocycles. The third kappa shape index (κ3) is 11.5. The Morgan fingerprint density at radius 2 is 1.24 bits per heavy atom. The second-order valence-corrected chi connectivity index (χ2v) is 11.7. The van der Waals surface area contributed by atoms with Crippen LogP contribution in [-0.2, 0) is 13.1 Å². The van der Waals surface area contributed by atoms with Crippen molar-refractivity contribution in [2.45, 2.75) is 47.2 Å². The molecule has 3 aromatic rings. The molecule has 0 saturated carbocycles. The van der Waals surface area contributed by atoms with Crippen LogP contribution in [-0.4, -0.2) is 35.3 Å². The summed E-state index contributed by atoms with van der Waals surface area (Å²) in [6.07, 6.45) is 0.875. The van der Waals surface area contributed by atoms with Gasteiger partial charge < -0.3 is 20.9 Å². The molecule has 42 heavy (non-hydrogen) atoms. The molecule has 0 aromatic heterocycles. The molecule has 0 aliphatic heterocycles. The van der Waals surface area contributed by atoms with Crippen molar-refractivity contribution in [1.29, 1.82) is 21.6 Å². The van der Waals surface area contributed by atoms with Crippen molar-refractivity contribution < 1.29 is 0 Å². The Bertz CT molecular complexity index is 1360. The number of aryl methyl sites for hydroxylation is 1. The maximum Gasteiger partial charge on any atom is 0.199 e. The fourth-order valence-corrected chi connectivity index (χ4v) is 3.93. The molecule has 3 rings (SSSR count). The molecule has 222 valence electrons. The van der Waals surface area contributed by atoms with E-state index < -0.39 is 0 Å². The molecule has 0 spiro atoms. The molecule has 0 radical (unpaired) electrons. The predicted molar refractivity (Wildman–Crippen MR) is 175 cm³/mol. The summed E-state index contributed by atoms with van der Waals surface area (Å²) in [5, 5.41) is 48.2.